The fraction of sp³-hybridized carbons (Fsp3) is 0.381. The summed E-state index contributed by atoms with van der Waals surface area (Å²) < 4.78 is 45.7. The van der Waals surface area contributed by atoms with Crippen molar-refractivity contribution < 1.29 is 22.3 Å². The molecule has 8 heteroatoms. The zero-order chi connectivity index (χ0) is 21.0. The van der Waals surface area contributed by atoms with Crippen molar-refractivity contribution in [2.45, 2.75) is 25.2 Å². The molecular formula is C21H25FN2O4S. The van der Waals surface area contributed by atoms with Gasteiger partial charge in [0, 0.05) is 26.2 Å². The molecule has 6 nitrogen and oxygen atoms in total. The molecule has 0 aromatic heterocycles. The molecule has 1 saturated heterocycles. The molecule has 1 heterocycles. The summed E-state index contributed by atoms with van der Waals surface area (Å²) in [5, 5.41) is 0. The molecule has 29 heavy (non-hydrogen) atoms. The van der Waals surface area contributed by atoms with Crippen LogP contribution in [0.15, 0.2) is 47.4 Å². The standard InChI is InChI=1S/C21H25FN2O4S/c1-16-6-7-17(2)20(14-16)28-13-8-21(25)23-9-11-24(12-10-23)29(26,27)19-5-3-4-18(22)15-19/h3-7,14-15H,8-13H2,1-2H3. The molecule has 2 aromatic rings. The topological polar surface area (TPSA) is 66.9 Å². The molecule has 0 saturated carbocycles. The van der Waals surface area contributed by atoms with Crippen molar-refractivity contribution in [3.8, 4) is 5.75 Å². The monoisotopic (exact) mass is 420 g/mol. The molecule has 0 atom stereocenters. The lowest BCUT2D eigenvalue weighted by molar-refractivity contribution is -0.132. The summed E-state index contributed by atoms with van der Waals surface area (Å²) in [6.07, 6.45) is 0.226. The van der Waals surface area contributed by atoms with Gasteiger partial charge in [-0.05, 0) is 49.2 Å². The average molecular weight is 421 g/mol. The van der Waals surface area contributed by atoms with Crippen molar-refractivity contribution in [3.63, 3.8) is 0 Å². The Labute approximate surface area is 170 Å². The van der Waals surface area contributed by atoms with Gasteiger partial charge in [-0.2, -0.15) is 4.31 Å². The van der Waals surface area contributed by atoms with Gasteiger partial charge < -0.3 is 9.64 Å². The first-order chi connectivity index (χ1) is 13.8. The third-order valence-electron chi connectivity index (χ3n) is 4.94. The Morgan fingerprint density at radius 3 is 2.48 bits per heavy atom. The van der Waals surface area contributed by atoms with E-state index in [1.54, 1.807) is 4.90 Å². The molecule has 156 valence electrons. The molecule has 2 aromatic carbocycles. The Hall–Kier alpha value is -2.45. The lowest BCUT2D eigenvalue weighted by atomic mass is 10.1. The van der Waals surface area contributed by atoms with Crippen LogP contribution in [-0.4, -0.2) is 56.3 Å². The van der Waals surface area contributed by atoms with Crippen molar-refractivity contribution in [1.29, 1.82) is 0 Å². The van der Waals surface area contributed by atoms with Crippen LogP contribution in [0.3, 0.4) is 0 Å². The van der Waals surface area contributed by atoms with Crippen LogP contribution in [0.5, 0.6) is 5.75 Å². The van der Waals surface area contributed by atoms with Gasteiger partial charge in [-0.3, -0.25) is 4.79 Å². The molecule has 0 N–H and O–H groups in total. The highest BCUT2D eigenvalue weighted by atomic mass is 32.2. The van der Waals surface area contributed by atoms with E-state index in [2.05, 4.69) is 0 Å². The number of carbonyl (C=O) groups excluding carboxylic acids is 1. The molecule has 1 amide bonds. The summed E-state index contributed by atoms with van der Waals surface area (Å²) in [5.74, 6) is 0.102. The van der Waals surface area contributed by atoms with Gasteiger partial charge >= 0.3 is 0 Å². The van der Waals surface area contributed by atoms with Crippen LogP contribution in [0.4, 0.5) is 4.39 Å². The van der Waals surface area contributed by atoms with E-state index in [9.17, 15) is 17.6 Å². The van der Waals surface area contributed by atoms with Crippen LogP contribution < -0.4 is 4.74 Å². The zero-order valence-corrected chi connectivity index (χ0v) is 17.4. The van der Waals surface area contributed by atoms with Gasteiger partial charge in [0.15, 0.2) is 0 Å². The number of carbonyl (C=O) groups is 1. The Morgan fingerprint density at radius 2 is 1.79 bits per heavy atom. The maximum Gasteiger partial charge on any atom is 0.243 e. The van der Waals surface area contributed by atoms with Crippen LogP contribution in [0.25, 0.3) is 0 Å². The van der Waals surface area contributed by atoms with Crippen molar-refractivity contribution >= 4 is 15.9 Å². The number of rotatable bonds is 6. The lowest BCUT2D eigenvalue weighted by Crippen LogP contribution is -2.50. The molecule has 0 spiro atoms. The first-order valence-corrected chi connectivity index (χ1v) is 10.9. The average Bonchev–Trinajstić information content (AvgIpc) is 2.70. The number of sulfonamides is 1. The number of halogens is 1. The second kappa shape index (κ2) is 8.92. The third-order valence-corrected chi connectivity index (χ3v) is 6.84. The highest BCUT2D eigenvalue weighted by molar-refractivity contribution is 7.89. The number of amides is 1. The smallest absolute Gasteiger partial charge is 0.243 e. The maximum atomic E-state index is 13.4. The molecule has 1 fully saturated rings. The molecule has 1 aliphatic heterocycles. The van der Waals surface area contributed by atoms with Crippen LogP contribution in [0.1, 0.15) is 17.5 Å². The number of benzene rings is 2. The van der Waals surface area contributed by atoms with E-state index in [0.717, 1.165) is 22.9 Å². The summed E-state index contributed by atoms with van der Waals surface area (Å²) in [6.45, 7) is 5.17. The number of hydrogen-bond donors (Lipinski definition) is 0. The van der Waals surface area contributed by atoms with Crippen molar-refractivity contribution in [2.24, 2.45) is 0 Å². The summed E-state index contributed by atoms with van der Waals surface area (Å²) >= 11 is 0. The zero-order valence-electron chi connectivity index (χ0n) is 16.6. The van der Waals surface area contributed by atoms with Gasteiger partial charge in [-0.25, -0.2) is 12.8 Å². The van der Waals surface area contributed by atoms with Gasteiger partial charge in [0.25, 0.3) is 0 Å². The Morgan fingerprint density at radius 1 is 1.07 bits per heavy atom. The summed E-state index contributed by atoms with van der Waals surface area (Å²) in [6, 6.07) is 10.9. The van der Waals surface area contributed by atoms with Crippen molar-refractivity contribution in [2.75, 3.05) is 32.8 Å². The Bertz CT molecular complexity index is 986. The van der Waals surface area contributed by atoms with E-state index in [0.29, 0.717) is 13.1 Å². The van der Waals surface area contributed by atoms with E-state index in [-0.39, 0.29) is 36.9 Å². The fourth-order valence-corrected chi connectivity index (χ4v) is 4.68. The van der Waals surface area contributed by atoms with Gasteiger partial charge in [0.2, 0.25) is 15.9 Å². The second-order valence-corrected chi connectivity index (χ2v) is 9.05. The molecule has 1 aliphatic rings. The number of hydrogen-bond acceptors (Lipinski definition) is 4. The summed E-state index contributed by atoms with van der Waals surface area (Å²) in [7, 11) is -3.76. The highest BCUT2D eigenvalue weighted by Crippen LogP contribution is 2.20. The predicted molar refractivity (Wildman–Crippen MR) is 108 cm³/mol. The van der Waals surface area contributed by atoms with E-state index in [4.69, 9.17) is 4.74 Å². The van der Waals surface area contributed by atoms with Gasteiger partial charge in [0.1, 0.15) is 11.6 Å². The fourth-order valence-electron chi connectivity index (χ4n) is 3.22. The quantitative estimate of drug-likeness (QED) is 0.721. The number of aryl methyl sites for hydroxylation is 2. The second-order valence-electron chi connectivity index (χ2n) is 7.11. The van der Waals surface area contributed by atoms with E-state index in [1.165, 1.54) is 22.5 Å². The molecule has 0 unspecified atom stereocenters. The molecule has 3 rings (SSSR count). The van der Waals surface area contributed by atoms with E-state index in [1.807, 2.05) is 32.0 Å². The lowest BCUT2D eigenvalue weighted by Gasteiger charge is -2.34. The van der Waals surface area contributed by atoms with Crippen LogP contribution in [-0.2, 0) is 14.8 Å². The minimum atomic E-state index is -3.76. The number of ether oxygens (including phenoxy) is 1. The largest absolute Gasteiger partial charge is 0.493 e. The first-order valence-electron chi connectivity index (χ1n) is 9.51. The van der Waals surface area contributed by atoms with E-state index >= 15 is 0 Å². The number of piperazine rings is 1. The third kappa shape index (κ3) is 5.13. The van der Waals surface area contributed by atoms with Crippen molar-refractivity contribution in [1.82, 2.24) is 9.21 Å². The Balaban J connectivity index is 1.51. The van der Waals surface area contributed by atoms with Gasteiger partial charge in [0.05, 0.1) is 17.9 Å². The van der Waals surface area contributed by atoms with Crippen LogP contribution in [0.2, 0.25) is 0 Å². The van der Waals surface area contributed by atoms with Gasteiger partial charge in [-0.15, -0.1) is 0 Å². The SMILES string of the molecule is Cc1ccc(C)c(OCCC(=O)N2CCN(S(=O)(=O)c3cccc(F)c3)CC2)c1. The van der Waals surface area contributed by atoms with E-state index < -0.39 is 15.8 Å². The van der Waals surface area contributed by atoms with Crippen LogP contribution >= 0.6 is 0 Å². The summed E-state index contributed by atoms with van der Waals surface area (Å²) in [5.41, 5.74) is 2.10. The summed E-state index contributed by atoms with van der Waals surface area (Å²) in [4.78, 5) is 14.0. The molecule has 0 radical (unpaired) electrons. The minimum absolute atomic E-state index is 0.0702. The van der Waals surface area contributed by atoms with Gasteiger partial charge in [-0.1, -0.05) is 18.2 Å². The number of nitrogens with zero attached hydrogens (tertiary/aromatic N) is 2. The van der Waals surface area contributed by atoms with Crippen LogP contribution in [0, 0.1) is 19.7 Å². The normalized spacial score (nSPS) is 15.3. The first kappa shape index (κ1) is 21.3. The molecule has 0 aliphatic carbocycles. The highest BCUT2D eigenvalue weighted by Gasteiger charge is 2.30. The minimum Gasteiger partial charge on any atom is -0.493 e. The molecule has 0 bridgehead atoms. The maximum absolute atomic E-state index is 13.4. The molecular weight excluding hydrogens is 395 g/mol. The Kier molecular flexibility index (Phi) is 6.54. The predicted octanol–water partition coefficient (Wildman–Crippen LogP) is 2.74. The van der Waals surface area contributed by atoms with Crippen molar-refractivity contribution in [3.05, 3.63) is 59.4 Å².